The summed E-state index contributed by atoms with van der Waals surface area (Å²) >= 11 is 0. The number of aliphatic carboxylic acids is 1. The van der Waals surface area contributed by atoms with Crippen LogP contribution in [-0.2, 0) is 14.4 Å². The number of carbonyl (C=O) groups is 2. The molecule has 1 aromatic rings. The van der Waals surface area contributed by atoms with Gasteiger partial charge in [-0.15, -0.1) is 5.01 Å². The zero-order valence-corrected chi connectivity index (χ0v) is 11.6. The van der Waals surface area contributed by atoms with Crippen molar-refractivity contribution in [2.24, 2.45) is 5.28 Å². The molecule has 0 unspecified atom stereocenters. The lowest BCUT2D eigenvalue weighted by atomic mass is 10.2. The zero-order valence-electron chi connectivity index (χ0n) is 11.6. The van der Waals surface area contributed by atoms with E-state index in [9.17, 15) is 14.8 Å². The highest BCUT2D eigenvalue weighted by Gasteiger charge is 2.36. The van der Waals surface area contributed by atoms with Crippen molar-refractivity contribution in [3.63, 3.8) is 0 Å². The van der Waals surface area contributed by atoms with E-state index in [-0.39, 0.29) is 11.5 Å². The summed E-state index contributed by atoms with van der Waals surface area (Å²) in [7, 11) is 0. The topological polar surface area (TPSA) is 114 Å². The first-order valence-electron chi connectivity index (χ1n) is 6.61. The maximum Gasteiger partial charge on any atom is 0.341 e. The van der Waals surface area contributed by atoms with E-state index in [0.717, 1.165) is 5.01 Å². The smallest absolute Gasteiger partial charge is 0.341 e. The number of carbonyl (C=O) groups excluding carboxylic acids is 1. The van der Waals surface area contributed by atoms with Crippen molar-refractivity contribution in [3.8, 4) is 0 Å². The number of carboxylic acid groups (broad SMARTS) is 1. The molecule has 0 radical (unpaired) electrons. The van der Waals surface area contributed by atoms with Crippen molar-refractivity contribution in [2.75, 3.05) is 13.3 Å². The highest BCUT2D eigenvalue weighted by molar-refractivity contribution is 5.89. The van der Waals surface area contributed by atoms with Crippen LogP contribution < -0.4 is 0 Å². The number of hydrogen-bond donors (Lipinski definition) is 1. The van der Waals surface area contributed by atoms with Crippen molar-refractivity contribution in [1.82, 2.24) is 5.01 Å². The molecule has 0 amide bonds. The fraction of sp³-hybridized carbons (Fsp3) is 0.385. The van der Waals surface area contributed by atoms with Gasteiger partial charge in [-0.2, -0.15) is 0 Å². The molecule has 0 aliphatic carbocycles. The molecule has 1 saturated heterocycles. The van der Waals surface area contributed by atoms with E-state index >= 15 is 0 Å². The fourth-order valence-corrected chi connectivity index (χ4v) is 2.06. The lowest BCUT2D eigenvalue weighted by Crippen LogP contribution is -2.40. The monoisotopic (exact) mass is 309 g/mol. The normalized spacial score (nSPS) is 18.1. The largest absolute Gasteiger partial charge is 0.569 e. The second-order valence-corrected chi connectivity index (χ2v) is 4.54. The van der Waals surface area contributed by atoms with E-state index in [2.05, 4.69) is 10.1 Å². The van der Waals surface area contributed by atoms with E-state index < -0.39 is 24.8 Å². The quantitative estimate of drug-likeness (QED) is 0.209. The second kappa shape index (κ2) is 7.25. The van der Waals surface area contributed by atoms with Crippen LogP contribution in [0.4, 0.5) is 0 Å². The lowest BCUT2D eigenvalue weighted by molar-refractivity contribution is -0.712. The molecule has 0 saturated carbocycles. The van der Waals surface area contributed by atoms with Gasteiger partial charge < -0.3 is 19.9 Å². The Morgan fingerprint density at radius 2 is 2.14 bits per heavy atom. The van der Waals surface area contributed by atoms with Crippen molar-refractivity contribution in [3.05, 3.63) is 41.1 Å². The third kappa shape index (κ3) is 3.84. The van der Waals surface area contributed by atoms with Crippen LogP contribution in [0.1, 0.15) is 23.2 Å². The molecule has 1 heterocycles. The van der Waals surface area contributed by atoms with E-state index in [0.29, 0.717) is 18.4 Å². The summed E-state index contributed by atoms with van der Waals surface area (Å²) in [5.74, 6) is -1.71. The van der Waals surface area contributed by atoms with Gasteiger partial charge in [0, 0.05) is 0 Å². The lowest BCUT2D eigenvalue weighted by Gasteiger charge is -2.16. The van der Waals surface area contributed by atoms with Crippen LogP contribution in [0.5, 0.6) is 0 Å². The molecule has 118 valence electrons. The van der Waals surface area contributed by atoms with Crippen LogP contribution in [-0.4, -0.2) is 46.4 Å². The summed E-state index contributed by atoms with van der Waals surface area (Å²) in [6.45, 7) is -0.269. The number of carboxylic acids is 1. The van der Waals surface area contributed by atoms with Gasteiger partial charge >= 0.3 is 11.9 Å². The molecular weight excluding hydrogens is 294 g/mol. The molecule has 22 heavy (non-hydrogen) atoms. The van der Waals surface area contributed by atoms with Crippen molar-refractivity contribution < 1.29 is 29.2 Å². The SMILES string of the molecule is O=C(OCO/N=[N+](/[O-])N1CCC[C@H]1C(=O)O)c1ccccc1. The van der Waals surface area contributed by atoms with Crippen LogP contribution in [0.25, 0.3) is 0 Å². The Hall–Kier alpha value is -2.84. The summed E-state index contributed by atoms with van der Waals surface area (Å²) < 4.78 is 4.76. The molecule has 9 nitrogen and oxygen atoms in total. The van der Waals surface area contributed by atoms with Gasteiger partial charge in [-0.25, -0.2) is 9.59 Å². The standard InChI is InChI=1S/C13H15N3O6/c17-12(18)11-7-4-8-15(11)16(20)14-22-9-21-13(19)10-5-2-1-3-6-10/h1-3,5-6,11H,4,7-9H2,(H,17,18)/b16-14+/t11-/m0/s1. The minimum atomic E-state index is -1.09. The van der Waals surface area contributed by atoms with Gasteiger partial charge in [-0.1, -0.05) is 18.2 Å². The van der Waals surface area contributed by atoms with Gasteiger partial charge in [0.25, 0.3) is 6.79 Å². The van der Waals surface area contributed by atoms with Gasteiger partial charge in [-0.05, 0) is 25.0 Å². The summed E-state index contributed by atoms with van der Waals surface area (Å²) in [5, 5.41) is 24.8. The number of hydrazine groups is 1. The number of hydrogen-bond acceptors (Lipinski definition) is 6. The van der Waals surface area contributed by atoms with Crippen LogP contribution in [0.2, 0.25) is 0 Å². The first kappa shape index (κ1) is 15.5. The Labute approximate surface area is 125 Å². The predicted octanol–water partition coefficient (Wildman–Crippen LogP) is 1.16. The third-order valence-corrected chi connectivity index (χ3v) is 3.11. The number of esters is 1. The molecule has 0 aromatic heterocycles. The predicted molar refractivity (Wildman–Crippen MR) is 71.2 cm³/mol. The maximum atomic E-state index is 11.6. The Kier molecular flexibility index (Phi) is 5.12. The van der Waals surface area contributed by atoms with E-state index in [1.54, 1.807) is 30.3 Å². The number of nitrogens with zero attached hydrogens (tertiary/aromatic N) is 3. The molecule has 1 aromatic carbocycles. The van der Waals surface area contributed by atoms with Crippen molar-refractivity contribution in [1.29, 1.82) is 0 Å². The number of rotatable bonds is 6. The Balaban J connectivity index is 1.80. The van der Waals surface area contributed by atoms with E-state index in [4.69, 9.17) is 9.84 Å². The van der Waals surface area contributed by atoms with Crippen molar-refractivity contribution >= 4 is 11.9 Å². The molecule has 2 rings (SSSR count). The van der Waals surface area contributed by atoms with Crippen molar-refractivity contribution in [2.45, 2.75) is 18.9 Å². The first-order chi connectivity index (χ1) is 10.6. The molecule has 1 aliphatic rings. The minimum absolute atomic E-state index is 0.0716. The van der Waals surface area contributed by atoms with Gasteiger partial charge in [0.2, 0.25) is 5.28 Å². The molecule has 1 N–H and O–H groups in total. The van der Waals surface area contributed by atoms with Gasteiger partial charge in [0.15, 0.2) is 6.04 Å². The number of benzene rings is 1. The van der Waals surface area contributed by atoms with Crippen LogP contribution >= 0.6 is 0 Å². The van der Waals surface area contributed by atoms with Crippen LogP contribution in [0.3, 0.4) is 0 Å². The van der Waals surface area contributed by atoms with Crippen LogP contribution in [0.15, 0.2) is 35.6 Å². The summed E-state index contributed by atoms with van der Waals surface area (Å²) in [4.78, 5) is 27.2. The summed E-state index contributed by atoms with van der Waals surface area (Å²) in [6.07, 6.45) is 0.945. The molecule has 0 bridgehead atoms. The summed E-state index contributed by atoms with van der Waals surface area (Å²) in [6, 6.07) is 7.34. The van der Waals surface area contributed by atoms with Gasteiger partial charge in [0.1, 0.15) is 0 Å². The average Bonchev–Trinajstić information content (AvgIpc) is 3.02. The molecule has 1 aliphatic heterocycles. The second-order valence-electron chi connectivity index (χ2n) is 4.54. The van der Waals surface area contributed by atoms with E-state index in [1.807, 2.05) is 0 Å². The minimum Gasteiger partial charge on any atom is -0.569 e. The highest BCUT2D eigenvalue weighted by Crippen LogP contribution is 2.17. The number of ether oxygens (including phenoxy) is 1. The molecule has 1 atom stereocenters. The Bertz CT molecular complexity index is 562. The zero-order chi connectivity index (χ0) is 15.9. The third-order valence-electron chi connectivity index (χ3n) is 3.11. The average molecular weight is 309 g/mol. The fourth-order valence-electron chi connectivity index (χ4n) is 2.06. The van der Waals surface area contributed by atoms with E-state index in [1.165, 1.54) is 0 Å². The Morgan fingerprint density at radius 1 is 1.41 bits per heavy atom. The molecule has 0 spiro atoms. The molecule has 9 heteroatoms. The maximum absolute atomic E-state index is 11.6. The van der Waals surface area contributed by atoms with Gasteiger partial charge in [0.05, 0.1) is 17.1 Å². The van der Waals surface area contributed by atoms with Gasteiger partial charge in [-0.3, -0.25) is 0 Å². The first-order valence-corrected chi connectivity index (χ1v) is 6.61. The summed E-state index contributed by atoms with van der Waals surface area (Å²) in [5.41, 5.74) is 0.343. The molecule has 1 fully saturated rings. The highest BCUT2D eigenvalue weighted by atomic mass is 16.8. The Morgan fingerprint density at radius 3 is 2.82 bits per heavy atom. The molecular formula is C13H15N3O6. The van der Waals surface area contributed by atoms with Crippen LogP contribution in [0, 0.1) is 5.21 Å².